The van der Waals surface area contributed by atoms with Crippen molar-refractivity contribution in [3.8, 4) is 17.0 Å². The van der Waals surface area contributed by atoms with Gasteiger partial charge in [-0.25, -0.2) is 9.67 Å². The van der Waals surface area contributed by atoms with E-state index in [0.29, 0.717) is 22.4 Å². The van der Waals surface area contributed by atoms with E-state index in [1.165, 1.54) is 12.8 Å². The van der Waals surface area contributed by atoms with Gasteiger partial charge in [-0.05, 0) is 58.6 Å². The van der Waals surface area contributed by atoms with E-state index in [0.717, 1.165) is 28.1 Å². The maximum Gasteiger partial charge on any atom is 0.201 e. The van der Waals surface area contributed by atoms with E-state index >= 15 is 0 Å². The van der Waals surface area contributed by atoms with Gasteiger partial charge in [0.1, 0.15) is 11.3 Å². The summed E-state index contributed by atoms with van der Waals surface area (Å²) in [6.07, 6.45) is 4.45. The number of hydrogen-bond acceptors (Lipinski definition) is 8. The van der Waals surface area contributed by atoms with E-state index in [2.05, 4.69) is 44.7 Å². The first-order valence-corrected chi connectivity index (χ1v) is 11.1. The molecule has 0 bridgehead atoms. The summed E-state index contributed by atoms with van der Waals surface area (Å²) in [4.78, 5) is 4.43. The molecule has 1 aromatic carbocycles. The fourth-order valence-corrected chi connectivity index (χ4v) is 5.84. The Hall–Kier alpha value is -2.36. The average Bonchev–Trinajstić information content (AvgIpc) is 3.10. The first kappa shape index (κ1) is 20.5. The number of benzene rings is 1. The Labute approximate surface area is 189 Å². The Bertz CT molecular complexity index is 1300. The van der Waals surface area contributed by atoms with E-state index < -0.39 is 0 Å². The number of hydrogen-bond donors (Lipinski definition) is 2. The highest BCUT2D eigenvalue weighted by Gasteiger charge is 2.51. The van der Waals surface area contributed by atoms with Gasteiger partial charge in [0.15, 0.2) is 0 Å². The van der Waals surface area contributed by atoms with Crippen LogP contribution in [0.5, 0.6) is 5.75 Å². The number of aryl methyl sites for hydroxylation is 1. The van der Waals surface area contributed by atoms with Crippen molar-refractivity contribution in [3.63, 3.8) is 0 Å². The molecule has 1 saturated carbocycles. The minimum absolute atomic E-state index is 0. The molecular weight excluding hydrogens is 434 g/mol. The zero-order valence-corrected chi connectivity index (χ0v) is 19.2. The van der Waals surface area contributed by atoms with Crippen molar-refractivity contribution in [2.24, 2.45) is 0 Å². The summed E-state index contributed by atoms with van der Waals surface area (Å²) in [6, 6.07) is 5.71. The molecule has 6 rings (SSSR count). The molecule has 4 heterocycles. The third-order valence-electron chi connectivity index (χ3n) is 6.28. The number of nitrogens with zero attached hydrogens (tertiary/aromatic N) is 6. The number of piperidine rings is 1. The van der Waals surface area contributed by atoms with Crippen LogP contribution in [0.2, 0.25) is 0 Å². The standard InChI is InChI=1S/C21H23N7OS.ClH/c1-11-22-15-8-17(29)13(6-18(15)30-11)14-7-16-19(25-23-14)28(27-24-16)12-9-20(2,3)26-21(10-12)4-5-21;/h6-8,12,26,29H,4-5,9-10H2,1-3H3;1H. The molecule has 4 aromatic rings. The van der Waals surface area contributed by atoms with Crippen molar-refractivity contribution in [3.05, 3.63) is 23.2 Å². The minimum atomic E-state index is 0. The summed E-state index contributed by atoms with van der Waals surface area (Å²) in [5, 5.41) is 33.0. The number of aromatic hydroxyl groups is 1. The monoisotopic (exact) mass is 457 g/mol. The molecule has 0 radical (unpaired) electrons. The highest BCUT2D eigenvalue weighted by atomic mass is 35.5. The first-order valence-electron chi connectivity index (χ1n) is 10.3. The fourth-order valence-electron chi connectivity index (χ4n) is 5.00. The molecule has 1 aliphatic carbocycles. The molecule has 1 spiro atoms. The molecule has 1 saturated heterocycles. The Morgan fingerprint density at radius 1 is 1.10 bits per heavy atom. The number of aromatic nitrogens is 6. The summed E-state index contributed by atoms with van der Waals surface area (Å²) in [5.41, 5.74) is 3.71. The summed E-state index contributed by atoms with van der Waals surface area (Å²) in [5.74, 6) is 0.143. The molecule has 1 unspecified atom stereocenters. The van der Waals surface area contributed by atoms with Gasteiger partial charge in [0.2, 0.25) is 5.65 Å². The smallest absolute Gasteiger partial charge is 0.201 e. The number of phenols is 1. The Morgan fingerprint density at radius 2 is 1.90 bits per heavy atom. The lowest BCUT2D eigenvalue weighted by Crippen LogP contribution is -2.54. The Balaban J connectivity index is 0.00000204. The molecule has 2 fully saturated rings. The summed E-state index contributed by atoms with van der Waals surface area (Å²) in [6.45, 7) is 6.46. The van der Waals surface area contributed by atoms with Crippen LogP contribution < -0.4 is 5.32 Å². The third-order valence-corrected chi connectivity index (χ3v) is 7.22. The largest absolute Gasteiger partial charge is 0.507 e. The molecular formula is C21H24ClN7OS. The SMILES string of the molecule is Cc1nc2cc(O)c(-c3cc4nnn(C5CC(C)(C)NC6(CC6)C5)c4nn3)cc2s1.Cl. The van der Waals surface area contributed by atoms with Crippen molar-refractivity contribution in [1.29, 1.82) is 0 Å². The lowest BCUT2D eigenvalue weighted by molar-refractivity contribution is 0.163. The van der Waals surface area contributed by atoms with E-state index in [9.17, 15) is 5.11 Å². The molecule has 31 heavy (non-hydrogen) atoms. The van der Waals surface area contributed by atoms with Crippen molar-refractivity contribution < 1.29 is 5.11 Å². The molecule has 8 nitrogen and oxygen atoms in total. The molecule has 10 heteroatoms. The van der Waals surface area contributed by atoms with E-state index in [4.69, 9.17) is 0 Å². The maximum atomic E-state index is 10.5. The van der Waals surface area contributed by atoms with Gasteiger partial charge >= 0.3 is 0 Å². The average molecular weight is 458 g/mol. The molecule has 2 N–H and O–H groups in total. The number of phenolic OH excluding ortho intramolecular Hbond substituents is 1. The predicted molar refractivity (Wildman–Crippen MR) is 123 cm³/mol. The molecule has 2 aliphatic rings. The second-order valence-corrected chi connectivity index (χ2v) is 10.6. The highest BCUT2D eigenvalue weighted by Crippen LogP contribution is 2.49. The predicted octanol–water partition coefficient (Wildman–Crippen LogP) is 4.17. The van der Waals surface area contributed by atoms with Crippen molar-refractivity contribution >= 4 is 45.1 Å². The van der Waals surface area contributed by atoms with Crippen LogP contribution in [-0.4, -0.2) is 46.4 Å². The second kappa shape index (κ2) is 6.82. The maximum absolute atomic E-state index is 10.5. The normalized spacial score (nSPS) is 21.5. The van der Waals surface area contributed by atoms with Gasteiger partial charge in [0.25, 0.3) is 0 Å². The van der Waals surface area contributed by atoms with Gasteiger partial charge < -0.3 is 10.4 Å². The highest BCUT2D eigenvalue weighted by molar-refractivity contribution is 7.18. The zero-order valence-electron chi connectivity index (χ0n) is 17.6. The van der Waals surface area contributed by atoms with Crippen LogP contribution in [0.25, 0.3) is 32.6 Å². The molecule has 3 aromatic heterocycles. The lowest BCUT2D eigenvalue weighted by atomic mass is 9.84. The number of rotatable bonds is 2. The molecule has 1 aliphatic heterocycles. The fraction of sp³-hybridized carbons (Fsp3) is 0.476. The van der Waals surface area contributed by atoms with Crippen molar-refractivity contribution in [2.75, 3.05) is 0 Å². The van der Waals surface area contributed by atoms with Crippen LogP contribution in [-0.2, 0) is 0 Å². The van der Waals surface area contributed by atoms with Gasteiger partial charge in [0, 0.05) is 22.7 Å². The summed E-state index contributed by atoms with van der Waals surface area (Å²) >= 11 is 1.59. The lowest BCUT2D eigenvalue weighted by Gasteiger charge is -2.42. The Kier molecular flexibility index (Phi) is 4.52. The summed E-state index contributed by atoms with van der Waals surface area (Å²) < 4.78 is 2.96. The van der Waals surface area contributed by atoms with Crippen LogP contribution in [0, 0.1) is 6.92 Å². The van der Waals surface area contributed by atoms with E-state index in [1.807, 2.05) is 23.7 Å². The van der Waals surface area contributed by atoms with Crippen LogP contribution in [0.15, 0.2) is 18.2 Å². The second-order valence-electron chi connectivity index (χ2n) is 9.39. The van der Waals surface area contributed by atoms with Crippen LogP contribution in [0.4, 0.5) is 0 Å². The Morgan fingerprint density at radius 3 is 2.68 bits per heavy atom. The van der Waals surface area contributed by atoms with E-state index in [-0.39, 0.29) is 35.3 Å². The van der Waals surface area contributed by atoms with Gasteiger partial charge in [0.05, 0.1) is 27.0 Å². The molecule has 162 valence electrons. The topological polar surface area (TPSA) is 102 Å². The van der Waals surface area contributed by atoms with Gasteiger partial charge in [-0.3, -0.25) is 0 Å². The third kappa shape index (κ3) is 3.44. The van der Waals surface area contributed by atoms with Crippen LogP contribution in [0.3, 0.4) is 0 Å². The summed E-state index contributed by atoms with van der Waals surface area (Å²) in [7, 11) is 0. The zero-order chi connectivity index (χ0) is 20.7. The number of fused-ring (bicyclic) bond motifs is 2. The number of halogens is 1. The quantitative estimate of drug-likeness (QED) is 0.465. The van der Waals surface area contributed by atoms with Gasteiger partial charge in [-0.2, -0.15) is 0 Å². The van der Waals surface area contributed by atoms with E-state index in [1.54, 1.807) is 17.4 Å². The number of thiazole rings is 1. The van der Waals surface area contributed by atoms with Gasteiger partial charge in [-0.15, -0.1) is 39.0 Å². The van der Waals surface area contributed by atoms with Crippen molar-refractivity contribution in [1.82, 2.24) is 35.5 Å². The first-order chi connectivity index (χ1) is 14.3. The van der Waals surface area contributed by atoms with Gasteiger partial charge in [-0.1, -0.05) is 5.21 Å². The van der Waals surface area contributed by atoms with Crippen LogP contribution in [0.1, 0.15) is 50.6 Å². The minimum Gasteiger partial charge on any atom is -0.507 e. The molecule has 0 amide bonds. The number of nitrogens with one attached hydrogen (secondary N) is 1. The van der Waals surface area contributed by atoms with Crippen molar-refractivity contribution in [2.45, 2.75) is 63.6 Å². The molecule has 1 atom stereocenters. The van der Waals surface area contributed by atoms with Crippen LogP contribution >= 0.6 is 23.7 Å².